The fourth-order valence-electron chi connectivity index (χ4n) is 2.52. The molecule has 5 nitrogen and oxygen atoms in total. The van der Waals surface area contributed by atoms with Crippen molar-refractivity contribution in [3.63, 3.8) is 0 Å². The van der Waals surface area contributed by atoms with Crippen LogP contribution in [0.2, 0.25) is 0 Å². The molecule has 21 heavy (non-hydrogen) atoms. The van der Waals surface area contributed by atoms with Gasteiger partial charge in [0.25, 0.3) is 5.91 Å². The minimum atomic E-state index is -0.205. The van der Waals surface area contributed by atoms with E-state index in [2.05, 4.69) is 15.2 Å². The highest BCUT2D eigenvalue weighted by Crippen LogP contribution is 2.22. The van der Waals surface area contributed by atoms with Crippen LogP contribution >= 0.6 is 0 Å². The molecule has 0 spiro atoms. The summed E-state index contributed by atoms with van der Waals surface area (Å²) >= 11 is 0. The number of nitrogens with zero attached hydrogens (tertiary/aromatic N) is 2. The normalized spacial score (nSPS) is 14.2. The fourth-order valence-corrected chi connectivity index (χ4v) is 2.52. The number of anilines is 3. The van der Waals surface area contributed by atoms with Gasteiger partial charge >= 0.3 is 0 Å². The smallest absolute Gasteiger partial charge is 0.257 e. The second-order valence-electron chi connectivity index (χ2n) is 5.20. The van der Waals surface area contributed by atoms with Crippen LogP contribution < -0.4 is 16.0 Å². The van der Waals surface area contributed by atoms with E-state index in [-0.39, 0.29) is 5.91 Å². The SMILES string of the molecule is Nc1cncc(C(=O)Nc2ccc(N3CCCC3)cc2)c1. The van der Waals surface area contributed by atoms with Gasteiger partial charge in [0, 0.05) is 36.9 Å². The number of benzene rings is 1. The second kappa shape index (κ2) is 5.83. The maximum atomic E-state index is 12.1. The molecule has 1 amide bonds. The van der Waals surface area contributed by atoms with E-state index in [1.165, 1.54) is 30.9 Å². The maximum Gasteiger partial charge on any atom is 0.257 e. The Hall–Kier alpha value is -2.56. The summed E-state index contributed by atoms with van der Waals surface area (Å²) < 4.78 is 0. The second-order valence-corrected chi connectivity index (χ2v) is 5.20. The van der Waals surface area contributed by atoms with Crippen molar-refractivity contribution in [3.05, 3.63) is 48.3 Å². The minimum Gasteiger partial charge on any atom is -0.397 e. The van der Waals surface area contributed by atoms with Gasteiger partial charge in [-0.05, 0) is 43.2 Å². The zero-order valence-corrected chi connectivity index (χ0v) is 11.7. The molecule has 0 saturated carbocycles. The summed E-state index contributed by atoms with van der Waals surface area (Å²) in [6.07, 6.45) is 5.52. The third-order valence-electron chi connectivity index (χ3n) is 3.62. The number of nitrogens with one attached hydrogen (secondary N) is 1. The van der Waals surface area contributed by atoms with E-state index in [9.17, 15) is 4.79 Å². The average molecular weight is 282 g/mol. The third kappa shape index (κ3) is 3.13. The van der Waals surface area contributed by atoms with Gasteiger partial charge in [-0.25, -0.2) is 0 Å². The van der Waals surface area contributed by atoms with Gasteiger partial charge in [-0.1, -0.05) is 0 Å². The number of carbonyl (C=O) groups excluding carboxylic acids is 1. The lowest BCUT2D eigenvalue weighted by Gasteiger charge is -2.17. The highest BCUT2D eigenvalue weighted by atomic mass is 16.1. The highest BCUT2D eigenvalue weighted by Gasteiger charge is 2.12. The van der Waals surface area contributed by atoms with Crippen molar-refractivity contribution in [1.29, 1.82) is 0 Å². The van der Waals surface area contributed by atoms with Gasteiger partial charge in [0.15, 0.2) is 0 Å². The Morgan fingerprint density at radius 1 is 1.14 bits per heavy atom. The van der Waals surface area contributed by atoms with E-state index in [1.54, 1.807) is 6.07 Å². The first-order chi connectivity index (χ1) is 10.2. The van der Waals surface area contributed by atoms with Crippen LogP contribution in [0, 0.1) is 0 Å². The summed E-state index contributed by atoms with van der Waals surface area (Å²) in [5.74, 6) is -0.205. The Kier molecular flexibility index (Phi) is 3.73. The Bertz CT molecular complexity index is 633. The molecule has 5 heteroatoms. The van der Waals surface area contributed by atoms with Crippen LogP contribution in [-0.4, -0.2) is 24.0 Å². The summed E-state index contributed by atoms with van der Waals surface area (Å²) in [5.41, 5.74) is 8.54. The number of amides is 1. The number of hydrogen-bond acceptors (Lipinski definition) is 4. The molecule has 0 aliphatic carbocycles. The van der Waals surface area contributed by atoms with E-state index < -0.39 is 0 Å². The largest absolute Gasteiger partial charge is 0.397 e. The number of carbonyl (C=O) groups is 1. The highest BCUT2D eigenvalue weighted by molar-refractivity contribution is 6.04. The molecule has 0 atom stereocenters. The fraction of sp³-hybridized carbons (Fsp3) is 0.250. The van der Waals surface area contributed by atoms with Gasteiger partial charge in [0.2, 0.25) is 0 Å². The van der Waals surface area contributed by atoms with Crippen LogP contribution in [0.25, 0.3) is 0 Å². The van der Waals surface area contributed by atoms with Crippen molar-refractivity contribution in [3.8, 4) is 0 Å². The van der Waals surface area contributed by atoms with Crippen molar-refractivity contribution < 1.29 is 4.79 Å². The summed E-state index contributed by atoms with van der Waals surface area (Å²) in [6, 6.07) is 9.54. The van der Waals surface area contributed by atoms with Gasteiger partial charge in [-0.2, -0.15) is 0 Å². The van der Waals surface area contributed by atoms with Gasteiger partial charge in [0.05, 0.1) is 11.3 Å². The van der Waals surface area contributed by atoms with E-state index in [4.69, 9.17) is 5.73 Å². The molecule has 1 aliphatic rings. The molecule has 1 aromatic carbocycles. The molecule has 108 valence electrons. The minimum absolute atomic E-state index is 0.205. The molecular weight excluding hydrogens is 264 g/mol. The van der Waals surface area contributed by atoms with Crippen LogP contribution in [0.5, 0.6) is 0 Å². The number of hydrogen-bond donors (Lipinski definition) is 2. The molecule has 0 bridgehead atoms. The Morgan fingerprint density at radius 2 is 1.86 bits per heavy atom. The molecule has 1 fully saturated rings. The molecular formula is C16H18N4O. The zero-order valence-electron chi connectivity index (χ0n) is 11.7. The van der Waals surface area contributed by atoms with Crippen LogP contribution in [-0.2, 0) is 0 Å². The van der Waals surface area contributed by atoms with Crippen LogP contribution in [0.4, 0.5) is 17.1 Å². The first-order valence-corrected chi connectivity index (χ1v) is 7.09. The molecule has 2 aromatic rings. The summed E-state index contributed by atoms with van der Waals surface area (Å²) in [7, 11) is 0. The van der Waals surface area contributed by atoms with Crippen molar-refractivity contribution in [1.82, 2.24) is 4.98 Å². The Balaban J connectivity index is 1.68. The standard InChI is InChI=1S/C16H18N4O/c17-13-9-12(10-18-11-13)16(21)19-14-3-5-15(6-4-14)20-7-1-2-8-20/h3-6,9-11H,1-2,7-8,17H2,(H,19,21). The van der Waals surface area contributed by atoms with E-state index in [0.29, 0.717) is 11.3 Å². The van der Waals surface area contributed by atoms with Crippen LogP contribution in [0.3, 0.4) is 0 Å². The lowest BCUT2D eigenvalue weighted by atomic mass is 10.2. The predicted molar refractivity (Wildman–Crippen MR) is 84.5 cm³/mol. The number of nitrogens with two attached hydrogens (primary N) is 1. The molecule has 2 heterocycles. The van der Waals surface area contributed by atoms with Crippen molar-refractivity contribution >= 4 is 23.0 Å². The average Bonchev–Trinajstić information content (AvgIpc) is 3.02. The molecule has 3 N–H and O–H groups in total. The molecule has 0 radical (unpaired) electrons. The van der Waals surface area contributed by atoms with Crippen LogP contribution in [0.1, 0.15) is 23.2 Å². The summed E-state index contributed by atoms with van der Waals surface area (Å²) in [6.45, 7) is 2.22. The number of aromatic nitrogens is 1. The zero-order chi connectivity index (χ0) is 14.7. The number of pyridine rings is 1. The van der Waals surface area contributed by atoms with Crippen molar-refractivity contribution in [2.24, 2.45) is 0 Å². The number of rotatable bonds is 3. The summed E-state index contributed by atoms with van der Waals surface area (Å²) in [4.78, 5) is 18.4. The molecule has 1 aromatic heterocycles. The molecule has 1 saturated heterocycles. The first-order valence-electron chi connectivity index (χ1n) is 7.09. The molecule has 1 aliphatic heterocycles. The molecule has 3 rings (SSSR count). The van der Waals surface area contributed by atoms with Gasteiger partial charge < -0.3 is 16.0 Å². The van der Waals surface area contributed by atoms with Gasteiger partial charge in [0.1, 0.15) is 0 Å². The topological polar surface area (TPSA) is 71.2 Å². The molecule has 0 unspecified atom stereocenters. The number of nitrogen functional groups attached to an aromatic ring is 1. The van der Waals surface area contributed by atoms with E-state index in [0.717, 1.165) is 18.8 Å². The van der Waals surface area contributed by atoms with Gasteiger partial charge in [-0.15, -0.1) is 0 Å². The van der Waals surface area contributed by atoms with Crippen molar-refractivity contribution in [2.75, 3.05) is 29.0 Å². The van der Waals surface area contributed by atoms with Gasteiger partial charge in [-0.3, -0.25) is 9.78 Å². The summed E-state index contributed by atoms with van der Waals surface area (Å²) in [5, 5.41) is 2.85. The van der Waals surface area contributed by atoms with E-state index in [1.807, 2.05) is 24.3 Å². The Morgan fingerprint density at radius 3 is 2.52 bits per heavy atom. The third-order valence-corrected chi connectivity index (χ3v) is 3.62. The van der Waals surface area contributed by atoms with Crippen molar-refractivity contribution in [2.45, 2.75) is 12.8 Å². The monoisotopic (exact) mass is 282 g/mol. The van der Waals surface area contributed by atoms with Crippen LogP contribution in [0.15, 0.2) is 42.7 Å². The predicted octanol–water partition coefficient (Wildman–Crippen LogP) is 2.52. The van der Waals surface area contributed by atoms with E-state index >= 15 is 0 Å². The maximum absolute atomic E-state index is 12.1. The quantitative estimate of drug-likeness (QED) is 0.907. The lowest BCUT2D eigenvalue weighted by Crippen LogP contribution is -2.17. The lowest BCUT2D eigenvalue weighted by molar-refractivity contribution is 0.102. The first kappa shape index (κ1) is 13.4. The Labute approximate surface area is 123 Å².